The third-order valence-corrected chi connectivity index (χ3v) is 5.97. The molecule has 1 unspecified atom stereocenters. The topological polar surface area (TPSA) is 6.48 Å². The maximum Gasteiger partial charge on any atom is 0.127 e. The molecule has 0 saturated heterocycles. The number of unbranched alkanes of at least 4 members (excludes halogenated alkanes) is 11. The second kappa shape index (κ2) is 14.5. The van der Waals surface area contributed by atoms with Gasteiger partial charge in [0, 0.05) is 25.5 Å². The van der Waals surface area contributed by atoms with Gasteiger partial charge in [-0.1, -0.05) is 115 Å². The van der Waals surface area contributed by atoms with E-state index in [-0.39, 0.29) is 0 Å². The molecule has 28 heavy (non-hydrogen) atoms. The molecule has 0 spiro atoms. The van der Waals surface area contributed by atoms with Gasteiger partial charge in [-0.3, -0.25) is 0 Å². The Morgan fingerprint density at radius 1 is 0.571 bits per heavy atom. The van der Waals surface area contributed by atoms with E-state index in [9.17, 15) is 0 Å². The van der Waals surface area contributed by atoms with E-state index >= 15 is 0 Å². The average Bonchev–Trinajstić information content (AvgIpc) is 3.13. The maximum atomic E-state index is 2.57. The molecule has 0 fully saturated rings. The summed E-state index contributed by atoms with van der Waals surface area (Å²) in [6, 6.07) is 11.1. The molecule has 0 saturated carbocycles. The van der Waals surface area contributed by atoms with Gasteiger partial charge in [-0.25, -0.2) is 0 Å². The quantitative estimate of drug-likeness (QED) is 0.267. The second-order valence-electron chi connectivity index (χ2n) is 8.45. The van der Waals surface area contributed by atoms with E-state index in [1.54, 1.807) is 0 Å². The highest BCUT2D eigenvalue weighted by molar-refractivity contribution is 5.21. The summed E-state index contributed by atoms with van der Waals surface area (Å²) in [7, 11) is 0. The molecular formula is C26H44N2. The molecule has 0 aromatic heterocycles. The van der Waals surface area contributed by atoms with Crippen LogP contribution in [-0.2, 0) is 0 Å². The fourth-order valence-corrected chi connectivity index (χ4v) is 4.25. The zero-order valence-electron chi connectivity index (χ0n) is 18.6. The molecule has 0 amide bonds. The fourth-order valence-electron chi connectivity index (χ4n) is 4.25. The molecule has 1 atom stereocenters. The van der Waals surface area contributed by atoms with Gasteiger partial charge in [0.1, 0.15) is 6.17 Å². The first-order valence-electron chi connectivity index (χ1n) is 12.1. The van der Waals surface area contributed by atoms with Crippen molar-refractivity contribution in [3.63, 3.8) is 0 Å². The van der Waals surface area contributed by atoms with Crippen molar-refractivity contribution in [1.82, 2.24) is 9.80 Å². The van der Waals surface area contributed by atoms with Crippen molar-refractivity contribution >= 4 is 0 Å². The van der Waals surface area contributed by atoms with Crippen LogP contribution in [0, 0.1) is 0 Å². The molecule has 1 aliphatic heterocycles. The summed E-state index contributed by atoms with van der Waals surface area (Å²) in [4.78, 5) is 5.13. The molecule has 158 valence electrons. The van der Waals surface area contributed by atoms with Crippen molar-refractivity contribution in [1.29, 1.82) is 0 Å². The van der Waals surface area contributed by atoms with Crippen LogP contribution < -0.4 is 0 Å². The Morgan fingerprint density at radius 3 is 1.46 bits per heavy atom. The standard InChI is InChI=1S/C26H44N2/c1-3-5-7-9-11-13-18-22-28-24-23-27(21-17-12-10-8-6-4-2)26(28)25-19-15-14-16-20-25/h14-16,19-20,23-24,26H,3-13,17-18,21-22H2,1-2H3. The largest absolute Gasteiger partial charge is 0.352 e. The van der Waals surface area contributed by atoms with Gasteiger partial charge in [0.15, 0.2) is 0 Å². The number of rotatable bonds is 16. The Labute approximate surface area is 175 Å². The van der Waals surface area contributed by atoms with Crippen molar-refractivity contribution in [3.05, 3.63) is 48.3 Å². The molecule has 1 heterocycles. The molecule has 1 aromatic carbocycles. The monoisotopic (exact) mass is 384 g/mol. The van der Waals surface area contributed by atoms with E-state index in [2.05, 4.69) is 66.4 Å². The van der Waals surface area contributed by atoms with Crippen LogP contribution in [0.15, 0.2) is 42.7 Å². The van der Waals surface area contributed by atoms with Crippen LogP contribution in [0.2, 0.25) is 0 Å². The summed E-state index contributed by atoms with van der Waals surface area (Å²) in [6.07, 6.45) is 22.9. The van der Waals surface area contributed by atoms with Crippen molar-refractivity contribution in [2.24, 2.45) is 0 Å². The number of nitrogens with zero attached hydrogens (tertiary/aromatic N) is 2. The fraction of sp³-hybridized carbons (Fsp3) is 0.692. The summed E-state index contributed by atoms with van der Waals surface area (Å²) < 4.78 is 0. The van der Waals surface area contributed by atoms with E-state index in [0.29, 0.717) is 6.17 Å². The minimum absolute atomic E-state index is 0.400. The van der Waals surface area contributed by atoms with E-state index in [4.69, 9.17) is 0 Å². The van der Waals surface area contributed by atoms with Gasteiger partial charge in [0.05, 0.1) is 0 Å². The van der Waals surface area contributed by atoms with E-state index in [1.807, 2.05) is 0 Å². The van der Waals surface area contributed by atoms with Gasteiger partial charge in [-0.2, -0.15) is 0 Å². The summed E-state index contributed by atoms with van der Waals surface area (Å²) in [5.41, 5.74) is 1.43. The van der Waals surface area contributed by atoms with Crippen molar-refractivity contribution in [2.75, 3.05) is 13.1 Å². The minimum Gasteiger partial charge on any atom is -0.352 e. The SMILES string of the molecule is CCCCCCCCCN1C=CN(CCCCCCCC)C1c1ccccc1. The Kier molecular flexibility index (Phi) is 11.9. The normalized spacial score (nSPS) is 16.3. The van der Waals surface area contributed by atoms with Gasteiger partial charge in [0.2, 0.25) is 0 Å². The van der Waals surface area contributed by atoms with E-state index < -0.39 is 0 Å². The highest BCUT2D eigenvalue weighted by Gasteiger charge is 2.26. The predicted molar refractivity (Wildman–Crippen MR) is 123 cm³/mol. The molecular weight excluding hydrogens is 340 g/mol. The molecule has 0 aliphatic carbocycles. The Bertz CT molecular complexity index is 510. The third-order valence-electron chi connectivity index (χ3n) is 5.97. The van der Waals surface area contributed by atoms with Crippen LogP contribution in [0.5, 0.6) is 0 Å². The minimum atomic E-state index is 0.400. The molecule has 0 bridgehead atoms. The summed E-state index contributed by atoms with van der Waals surface area (Å²) >= 11 is 0. The average molecular weight is 385 g/mol. The van der Waals surface area contributed by atoms with Gasteiger partial charge in [-0.15, -0.1) is 0 Å². The first kappa shape index (κ1) is 22.8. The molecule has 1 aromatic rings. The van der Waals surface area contributed by atoms with E-state index in [0.717, 1.165) is 0 Å². The summed E-state index contributed by atoms with van der Waals surface area (Å²) in [5.74, 6) is 0. The van der Waals surface area contributed by atoms with Gasteiger partial charge >= 0.3 is 0 Å². The van der Waals surface area contributed by atoms with Crippen LogP contribution in [0.25, 0.3) is 0 Å². The summed E-state index contributed by atoms with van der Waals surface area (Å²) in [6.45, 7) is 6.94. The Morgan fingerprint density at radius 2 is 1.00 bits per heavy atom. The van der Waals surface area contributed by atoms with Crippen molar-refractivity contribution < 1.29 is 0 Å². The predicted octanol–water partition coefficient (Wildman–Crippen LogP) is 7.89. The highest BCUT2D eigenvalue weighted by Crippen LogP contribution is 2.31. The first-order valence-corrected chi connectivity index (χ1v) is 12.1. The second-order valence-corrected chi connectivity index (χ2v) is 8.45. The molecule has 0 radical (unpaired) electrons. The third kappa shape index (κ3) is 8.29. The van der Waals surface area contributed by atoms with Crippen LogP contribution in [0.1, 0.15) is 109 Å². The highest BCUT2D eigenvalue weighted by atomic mass is 15.4. The maximum absolute atomic E-state index is 2.57. The lowest BCUT2D eigenvalue weighted by molar-refractivity contribution is 0.149. The van der Waals surface area contributed by atoms with Crippen molar-refractivity contribution in [3.8, 4) is 0 Å². The Hall–Kier alpha value is -1.44. The summed E-state index contributed by atoms with van der Waals surface area (Å²) in [5, 5.41) is 0. The molecule has 2 nitrogen and oxygen atoms in total. The van der Waals surface area contributed by atoms with Crippen LogP contribution >= 0.6 is 0 Å². The smallest absolute Gasteiger partial charge is 0.127 e. The zero-order valence-corrected chi connectivity index (χ0v) is 18.6. The number of hydrogen-bond acceptors (Lipinski definition) is 2. The molecule has 1 aliphatic rings. The Balaban J connectivity index is 1.77. The van der Waals surface area contributed by atoms with Crippen molar-refractivity contribution in [2.45, 2.75) is 103 Å². The van der Waals surface area contributed by atoms with Crippen LogP contribution in [-0.4, -0.2) is 22.9 Å². The van der Waals surface area contributed by atoms with Gasteiger partial charge in [-0.05, 0) is 18.4 Å². The lowest BCUT2D eigenvalue weighted by atomic mass is 10.1. The van der Waals surface area contributed by atoms with E-state index in [1.165, 1.54) is 102 Å². The van der Waals surface area contributed by atoms with Crippen LogP contribution in [0.3, 0.4) is 0 Å². The van der Waals surface area contributed by atoms with Crippen LogP contribution in [0.4, 0.5) is 0 Å². The lowest BCUT2D eigenvalue weighted by Gasteiger charge is -2.33. The zero-order chi connectivity index (χ0) is 19.9. The van der Waals surface area contributed by atoms with Gasteiger partial charge < -0.3 is 9.80 Å². The number of hydrogen-bond donors (Lipinski definition) is 0. The first-order chi connectivity index (χ1) is 13.9. The molecule has 2 rings (SSSR count). The lowest BCUT2D eigenvalue weighted by Crippen LogP contribution is -2.32. The number of benzene rings is 1. The molecule has 2 heteroatoms. The molecule has 0 N–H and O–H groups in total. The van der Waals surface area contributed by atoms with Gasteiger partial charge in [0.25, 0.3) is 0 Å².